The number of hydrogen-bond donors (Lipinski definition) is 0. The Morgan fingerprint density at radius 1 is 1.19 bits per heavy atom. The van der Waals surface area contributed by atoms with Crippen molar-refractivity contribution >= 4 is 17.8 Å². The van der Waals surface area contributed by atoms with Crippen LogP contribution in [0.15, 0.2) is 11.1 Å². The van der Waals surface area contributed by atoms with Crippen LogP contribution in [0.5, 0.6) is 0 Å². The summed E-state index contributed by atoms with van der Waals surface area (Å²) in [6, 6.07) is 0. The molecule has 0 saturated heterocycles. The summed E-state index contributed by atoms with van der Waals surface area (Å²) in [7, 11) is 0. The van der Waals surface area contributed by atoms with Gasteiger partial charge in [0.15, 0.2) is 0 Å². The largest absolute Gasteiger partial charge is 0.330 e. The fourth-order valence-electron chi connectivity index (χ4n) is 3.05. The number of nitrogens with zero attached hydrogens (tertiary/aromatic N) is 1. The molecular formula is C11H11NO4. The number of carbonyl (C=O) groups is 3. The van der Waals surface area contributed by atoms with E-state index in [4.69, 9.17) is 0 Å². The molecule has 2 bridgehead atoms. The van der Waals surface area contributed by atoms with E-state index in [1.807, 2.05) is 0 Å². The normalized spacial score (nSPS) is 31.4. The van der Waals surface area contributed by atoms with E-state index in [9.17, 15) is 14.4 Å². The Morgan fingerprint density at radius 3 is 2.12 bits per heavy atom. The van der Waals surface area contributed by atoms with Crippen LogP contribution in [0.1, 0.15) is 26.2 Å². The summed E-state index contributed by atoms with van der Waals surface area (Å²) in [5.74, 6) is -1.09. The van der Waals surface area contributed by atoms with Crippen molar-refractivity contribution in [2.75, 3.05) is 0 Å². The molecule has 0 aromatic carbocycles. The van der Waals surface area contributed by atoms with Gasteiger partial charge in [0.2, 0.25) is 0 Å². The molecule has 0 aromatic rings. The van der Waals surface area contributed by atoms with E-state index >= 15 is 0 Å². The lowest BCUT2D eigenvalue weighted by Crippen LogP contribution is -2.35. The Balaban J connectivity index is 1.95. The zero-order chi connectivity index (χ0) is 11.4. The maximum Gasteiger partial charge on any atom is 0.330 e. The average Bonchev–Trinajstić information content (AvgIpc) is 2.87. The third-order valence-corrected chi connectivity index (χ3v) is 3.59. The molecule has 2 amide bonds. The molecule has 1 heterocycles. The Bertz CT molecular complexity index is 419. The Hall–Kier alpha value is -1.65. The minimum absolute atomic E-state index is 0.206. The average molecular weight is 221 g/mol. The van der Waals surface area contributed by atoms with E-state index in [1.54, 1.807) is 0 Å². The fraction of sp³-hybridized carbons (Fsp3) is 0.545. The van der Waals surface area contributed by atoms with Crippen LogP contribution >= 0.6 is 0 Å². The van der Waals surface area contributed by atoms with Gasteiger partial charge in [-0.1, -0.05) is 5.06 Å². The predicted molar refractivity (Wildman–Crippen MR) is 51.5 cm³/mol. The summed E-state index contributed by atoms with van der Waals surface area (Å²) in [6.45, 7) is 1.18. The standard InChI is InChI=1S/C11H11NO4/c1-5(13)16-12-10(14)8-6-2-3-7(4-6)9(8)11(12)15/h6-7H,2-4H2,1H3. The number of amides is 2. The molecule has 0 radical (unpaired) electrons. The summed E-state index contributed by atoms with van der Waals surface area (Å²) >= 11 is 0. The highest BCUT2D eigenvalue weighted by Crippen LogP contribution is 2.52. The van der Waals surface area contributed by atoms with Gasteiger partial charge < -0.3 is 4.84 Å². The molecule has 84 valence electrons. The number of hydrogen-bond acceptors (Lipinski definition) is 4. The molecule has 1 saturated carbocycles. The smallest absolute Gasteiger partial charge is 0.330 e. The quantitative estimate of drug-likeness (QED) is 0.607. The molecule has 16 heavy (non-hydrogen) atoms. The van der Waals surface area contributed by atoms with E-state index in [2.05, 4.69) is 4.84 Å². The molecule has 1 aliphatic heterocycles. The lowest BCUT2D eigenvalue weighted by molar-refractivity contribution is -0.195. The van der Waals surface area contributed by atoms with E-state index in [1.165, 1.54) is 6.92 Å². The summed E-state index contributed by atoms with van der Waals surface area (Å²) in [5, 5.41) is 0.622. The maximum atomic E-state index is 11.9. The van der Waals surface area contributed by atoms with Gasteiger partial charge in [0.1, 0.15) is 0 Å². The van der Waals surface area contributed by atoms with Crippen molar-refractivity contribution in [2.45, 2.75) is 26.2 Å². The van der Waals surface area contributed by atoms with Gasteiger partial charge >= 0.3 is 5.97 Å². The van der Waals surface area contributed by atoms with Crippen LogP contribution in [0.25, 0.3) is 0 Å². The van der Waals surface area contributed by atoms with Gasteiger partial charge in [-0.05, 0) is 31.1 Å². The molecule has 1 fully saturated rings. The highest BCUT2D eigenvalue weighted by atomic mass is 16.7. The third-order valence-electron chi connectivity index (χ3n) is 3.59. The van der Waals surface area contributed by atoms with Crippen molar-refractivity contribution in [2.24, 2.45) is 11.8 Å². The predicted octanol–water partition coefficient (Wildman–Crippen LogP) is 0.560. The number of carbonyl (C=O) groups excluding carboxylic acids is 3. The highest BCUT2D eigenvalue weighted by Gasteiger charge is 2.53. The maximum absolute atomic E-state index is 11.9. The Kier molecular flexibility index (Phi) is 1.75. The molecule has 0 spiro atoms. The van der Waals surface area contributed by atoms with E-state index < -0.39 is 17.8 Å². The van der Waals surface area contributed by atoms with E-state index in [0.717, 1.165) is 19.3 Å². The Labute approximate surface area is 92.0 Å². The highest BCUT2D eigenvalue weighted by molar-refractivity contribution is 6.20. The fourth-order valence-corrected chi connectivity index (χ4v) is 3.05. The first kappa shape index (κ1) is 9.57. The number of imide groups is 1. The summed E-state index contributed by atoms with van der Waals surface area (Å²) in [5.41, 5.74) is 1.20. The zero-order valence-corrected chi connectivity index (χ0v) is 8.86. The minimum Gasteiger partial charge on any atom is -0.330 e. The lowest BCUT2D eigenvalue weighted by atomic mass is 9.93. The zero-order valence-electron chi connectivity index (χ0n) is 8.86. The van der Waals surface area contributed by atoms with Crippen molar-refractivity contribution in [3.05, 3.63) is 11.1 Å². The van der Waals surface area contributed by atoms with Crippen molar-refractivity contribution in [3.8, 4) is 0 Å². The van der Waals surface area contributed by atoms with Crippen LogP contribution in [-0.2, 0) is 19.2 Å². The van der Waals surface area contributed by atoms with Crippen LogP contribution in [-0.4, -0.2) is 22.8 Å². The first-order valence-corrected chi connectivity index (χ1v) is 5.41. The molecule has 3 rings (SSSR count). The monoisotopic (exact) mass is 221 g/mol. The minimum atomic E-state index is -0.643. The summed E-state index contributed by atoms with van der Waals surface area (Å²) in [6.07, 6.45) is 2.85. The van der Waals surface area contributed by atoms with E-state index in [0.29, 0.717) is 16.2 Å². The van der Waals surface area contributed by atoms with Crippen molar-refractivity contribution in [1.29, 1.82) is 0 Å². The van der Waals surface area contributed by atoms with Gasteiger partial charge in [0, 0.05) is 18.1 Å². The van der Waals surface area contributed by atoms with Crippen LogP contribution in [0.3, 0.4) is 0 Å². The number of hydroxylamine groups is 2. The van der Waals surface area contributed by atoms with Gasteiger partial charge in [0.05, 0.1) is 0 Å². The van der Waals surface area contributed by atoms with Crippen LogP contribution in [0.2, 0.25) is 0 Å². The molecule has 2 unspecified atom stereocenters. The molecule has 5 nitrogen and oxygen atoms in total. The SMILES string of the molecule is CC(=O)ON1C(=O)C2=C(C1=O)C1CCC2C1. The molecule has 0 aromatic heterocycles. The van der Waals surface area contributed by atoms with Crippen molar-refractivity contribution in [3.63, 3.8) is 0 Å². The lowest BCUT2D eigenvalue weighted by Gasteiger charge is -2.15. The number of rotatable bonds is 1. The molecule has 3 aliphatic rings. The van der Waals surface area contributed by atoms with Crippen LogP contribution in [0.4, 0.5) is 0 Å². The van der Waals surface area contributed by atoms with Crippen LogP contribution in [0, 0.1) is 11.8 Å². The van der Waals surface area contributed by atoms with Crippen molar-refractivity contribution < 1.29 is 19.2 Å². The van der Waals surface area contributed by atoms with Crippen molar-refractivity contribution in [1.82, 2.24) is 5.06 Å². The van der Waals surface area contributed by atoms with E-state index in [-0.39, 0.29) is 11.8 Å². The van der Waals surface area contributed by atoms with Gasteiger partial charge in [-0.3, -0.25) is 9.59 Å². The second-order valence-corrected chi connectivity index (χ2v) is 4.52. The second-order valence-electron chi connectivity index (χ2n) is 4.52. The molecule has 5 heteroatoms. The Morgan fingerprint density at radius 2 is 1.69 bits per heavy atom. The van der Waals surface area contributed by atoms with Gasteiger partial charge in [0.25, 0.3) is 11.8 Å². The molecule has 0 N–H and O–H groups in total. The number of fused-ring (bicyclic) bond motifs is 4. The topological polar surface area (TPSA) is 63.7 Å². The second kappa shape index (κ2) is 2.93. The first-order chi connectivity index (χ1) is 7.59. The molecular weight excluding hydrogens is 210 g/mol. The first-order valence-electron chi connectivity index (χ1n) is 5.41. The van der Waals surface area contributed by atoms with Gasteiger partial charge in [-0.25, -0.2) is 4.79 Å². The summed E-state index contributed by atoms with van der Waals surface area (Å²) < 4.78 is 0. The van der Waals surface area contributed by atoms with Crippen LogP contribution < -0.4 is 0 Å². The van der Waals surface area contributed by atoms with Gasteiger partial charge in [-0.2, -0.15) is 0 Å². The molecule has 2 atom stereocenters. The summed E-state index contributed by atoms with van der Waals surface area (Å²) in [4.78, 5) is 39.2. The third kappa shape index (κ3) is 1.03. The molecule has 2 aliphatic carbocycles. The van der Waals surface area contributed by atoms with Gasteiger partial charge in [-0.15, -0.1) is 0 Å².